The summed E-state index contributed by atoms with van der Waals surface area (Å²) in [6.07, 6.45) is 0. The molecule has 0 amide bonds. The molecule has 0 heteroatoms. The summed E-state index contributed by atoms with van der Waals surface area (Å²) in [4.78, 5) is 0. The third-order valence-electron chi connectivity index (χ3n) is 2.88. The highest BCUT2D eigenvalue weighted by atomic mass is 14.1. The van der Waals surface area contributed by atoms with Crippen molar-refractivity contribution < 1.29 is 0 Å². The second kappa shape index (κ2) is 3.03. The molecule has 0 aliphatic carbocycles. The second-order valence-electron chi connectivity index (χ2n) is 3.80. The van der Waals surface area contributed by atoms with Crippen LogP contribution in [0.15, 0.2) is 54.6 Å². The molecule has 0 N–H and O–H groups in total. The first-order valence-corrected chi connectivity index (χ1v) is 5.09. The summed E-state index contributed by atoms with van der Waals surface area (Å²) in [7, 11) is 0. The molecule has 0 aliphatic rings. The molecule has 0 saturated carbocycles. The second-order valence-corrected chi connectivity index (χ2v) is 3.80. The largest absolute Gasteiger partial charge is 0.142 e. The molecular weight excluding hydrogens is 180 g/mol. The number of rotatable bonds is 0. The van der Waals surface area contributed by atoms with Crippen molar-refractivity contribution in [3.63, 3.8) is 0 Å². The van der Waals surface area contributed by atoms with E-state index in [0.29, 0.717) is 0 Å². The molecular formula is C15H11+. The first-order valence-electron chi connectivity index (χ1n) is 5.09. The van der Waals surface area contributed by atoms with Crippen LogP contribution >= 0.6 is 0 Å². The van der Waals surface area contributed by atoms with Crippen LogP contribution in [0.1, 0.15) is 5.56 Å². The van der Waals surface area contributed by atoms with Crippen LogP contribution in [-0.2, 0) is 0 Å². The molecule has 15 heavy (non-hydrogen) atoms. The average molecular weight is 191 g/mol. The molecule has 0 radical (unpaired) electrons. The highest BCUT2D eigenvalue weighted by molar-refractivity contribution is 6.02. The maximum Gasteiger partial charge on any atom is 0.142 e. The molecule has 0 atom stereocenters. The van der Waals surface area contributed by atoms with Crippen molar-refractivity contribution in [3.8, 4) is 0 Å². The van der Waals surface area contributed by atoms with Gasteiger partial charge in [0, 0.05) is 29.8 Å². The van der Waals surface area contributed by atoms with E-state index in [1.807, 2.05) is 0 Å². The van der Waals surface area contributed by atoms with Crippen LogP contribution in [0.3, 0.4) is 0 Å². The van der Waals surface area contributed by atoms with Crippen molar-refractivity contribution in [2.75, 3.05) is 0 Å². The quantitative estimate of drug-likeness (QED) is 0.369. The van der Waals surface area contributed by atoms with E-state index < -0.39 is 0 Å². The Hall–Kier alpha value is -1.95. The Kier molecular flexibility index (Phi) is 1.69. The van der Waals surface area contributed by atoms with E-state index in [1.165, 1.54) is 21.5 Å². The number of hydrogen-bond acceptors (Lipinski definition) is 0. The van der Waals surface area contributed by atoms with E-state index in [4.69, 9.17) is 0 Å². The van der Waals surface area contributed by atoms with Crippen LogP contribution in [0.4, 0.5) is 0 Å². The highest BCUT2D eigenvalue weighted by Gasteiger charge is 2.10. The van der Waals surface area contributed by atoms with Crippen LogP contribution in [0.2, 0.25) is 0 Å². The van der Waals surface area contributed by atoms with Gasteiger partial charge in [-0.1, -0.05) is 12.1 Å². The van der Waals surface area contributed by atoms with E-state index in [9.17, 15) is 0 Å². The molecule has 3 aromatic carbocycles. The molecule has 0 aliphatic heterocycles. The van der Waals surface area contributed by atoms with Crippen molar-refractivity contribution in [2.24, 2.45) is 0 Å². The normalized spacial score (nSPS) is 10.9. The lowest BCUT2D eigenvalue weighted by atomic mass is 9.98. The Balaban J connectivity index is 2.60. The summed E-state index contributed by atoms with van der Waals surface area (Å²) in [6.45, 7) is 4.18. The Morgan fingerprint density at radius 1 is 0.667 bits per heavy atom. The van der Waals surface area contributed by atoms with Gasteiger partial charge in [-0.05, 0) is 30.3 Å². The van der Waals surface area contributed by atoms with Gasteiger partial charge in [0.2, 0.25) is 0 Å². The molecule has 0 aromatic heterocycles. The smallest absolute Gasteiger partial charge is 0.0593 e. The lowest BCUT2D eigenvalue weighted by Gasteiger charge is -1.98. The molecule has 0 nitrogen and oxygen atoms in total. The number of benzene rings is 3. The van der Waals surface area contributed by atoms with Gasteiger partial charge in [0.25, 0.3) is 0 Å². The summed E-state index contributed by atoms with van der Waals surface area (Å²) in [5, 5.41) is 5.02. The van der Waals surface area contributed by atoms with E-state index >= 15 is 0 Å². The minimum Gasteiger partial charge on any atom is -0.0593 e. The molecule has 0 saturated heterocycles. The summed E-state index contributed by atoms with van der Waals surface area (Å²) < 4.78 is 0. The van der Waals surface area contributed by atoms with Crippen molar-refractivity contribution >= 4 is 21.5 Å². The fourth-order valence-corrected chi connectivity index (χ4v) is 2.11. The minimum absolute atomic E-state index is 1.13. The molecule has 3 aromatic rings. The number of hydrogen-bond donors (Lipinski definition) is 0. The third kappa shape index (κ3) is 1.18. The molecule has 0 bridgehead atoms. The van der Waals surface area contributed by atoms with Gasteiger partial charge in [-0.2, -0.15) is 0 Å². The predicted octanol–water partition coefficient (Wildman–Crippen LogP) is 4.18. The zero-order valence-electron chi connectivity index (χ0n) is 8.40. The van der Waals surface area contributed by atoms with E-state index in [-0.39, 0.29) is 0 Å². The highest BCUT2D eigenvalue weighted by Crippen LogP contribution is 2.27. The van der Waals surface area contributed by atoms with Crippen molar-refractivity contribution in [2.45, 2.75) is 0 Å². The van der Waals surface area contributed by atoms with Crippen LogP contribution in [0, 0.1) is 6.92 Å². The SMILES string of the molecule is [CH2+]c1c2ccccc2cc2ccccc12. The summed E-state index contributed by atoms with van der Waals surface area (Å²) in [6, 6.07) is 19.0. The summed E-state index contributed by atoms with van der Waals surface area (Å²) in [5.74, 6) is 0. The van der Waals surface area contributed by atoms with Crippen molar-refractivity contribution in [1.82, 2.24) is 0 Å². The maximum absolute atomic E-state index is 4.18. The van der Waals surface area contributed by atoms with Crippen molar-refractivity contribution in [1.29, 1.82) is 0 Å². The zero-order chi connectivity index (χ0) is 10.3. The molecule has 0 heterocycles. The molecule has 0 unspecified atom stereocenters. The van der Waals surface area contributed by atoms with E-state index in [1.54, 1.807) is 0 Å². The van der Waals surface area contributed by atoms with Gasteiger partial charge in [0.1, 0.15) is 5.56 Å². The third-order valence-corrected chi connectivity index (χ3v) is 2.88. The van der Waals surface area contributed by atoms with Crippen LogP contribution in [0.5, 0.6) is 0 Å². The Morgan fingerprint density at radius 2 is 1.13 bits per heavy atom. The first kappa shape index (κ1) is 8.37. The van der Waals surface area contributed by atoms with Gasteiger partial charge >= 0.3 is 0 Å². The molecule has 3 rings (SSSR count). The average Bonchev–Trinajstić information content (AvgIpc) is 2.30. The topological polar surface area (TPSA) is 0 Å². The van der Waals surface area contributed by atoms with E-state index in [0.717, 1.165) is 5.56 Å². The maximum atomic E-state index is 4.18. The van der Waals surface area contributed by atoms with E-state index in [2.05, 4.69) is 61.5 Å². The van der Waals surface area contributed by atoms with Gasteiger partial charge < -0.3 is 0 Å². The monoisotopic (exact) mass is 191 g/mol. The zero-order valence-corrected chi connectivity index (χ0v) is 8.40. The standard InChI is InChI=1S/C15H11/c1-11-14-8-4-2-6-12(14)10-13-7-3-5-9-15(11)13/h2-10H,1H2/q+1. The molecule has 70 valence electrons. The fourth-order valence-electron chi connectivity index (χ4n) is 2.11. The molecule has 0 spiro atoms. The molecule has 0 fully saturated rings. The first-order chi connectivity index (χ1) is 7.36. The fraction of sp³-hybridized carbons (Fsp3) is 0. The summed E-state index contributed by atoms with van der Waals surface area (Å²) in [5.41, 5.74) is 1.13. The van der Waals surface area contributed by atoms with Crippen LogP contribution < -0.4 is 0 Å². The van der Waals surface area contributed by atoms with Gasteiger partial charge in [-0.3, -0.25) is 0 Å². The lowest BCUT2D eigenvalue weighted by molar-refractivity contribution is 1.71. The van der Waals surface area contributed by atoms with Gasteiger partial charge in [0.05, 0.1) is 10.8 Å². The Morgan fingerprint density at radius 3 is 1.67 bits per heavy atom. The van der Waals surface area contributed by atoms with Gasteiger partial charge in [0.15, 0.2) is 0 Å². The van der Waals surface area contributed by atoms with Crippen molar-refractivity contribution in [3.05, 3.63) is 67.1 Å². The Labute approximate surface area is 89.2 Å². The lowest BCUT2D eigenvalue weighted by Crippen LogP contribution is -1.81. The minimum atomic E-state index is 1.13. The van der Waals surface area contributed by atoms with Crippen LogP contribution in [0.25, 0.3) is 21.5 Å². The van der Waals surface area contributed by atoms with Gasteiger partial charge in [-0.15, -0.1) is 0 Å². The Bertz CT molecular complexity index is 582. The van der Waals surface area contributed by atoms with Gasteiger partial charge in [-0.25, -0.2) is 0 Å². The predicted molar refractivity (Wildman–Crippen MR) is 65.9 cm³/mol. The summed E-state index contributed by atoms with van der Waals surface area (Å²) >= 11 is 0. The number of fused-ring (bicyclic) bond motifs is 2. The van der Waals surface area contributed by atoms with Crippen LogP contribution in [-0.4, -0.2) is 0 Å².